The number of hydrogen-bond donors (Lipinski definition) is 0. The molecule has 51 valence electrons. The molecule has 0 amide bonds. The van der Waals surface area contributed by atoms with Crippen LogP contribution in [0.25, 0.3) is 0 Å². The summed E-state index contributed by atoms with van der Waals surface area (Å²) in [7, 11) is 0. The van der Waals surface area contributed by atoms with Gasteiger partial charge in [-0.1, -0.05) is 0 Å². The first-order valence-corrected chi connectivity index (χ1v) is 0.816. The molecule has 0 saturated heterocycles. The third kappa shape index (κ3) is 784. The van der Waals surface area contributed by atoms with Crippen LogP contribution in [0.15, 0.2) is 0 Å². The van der Waals surface area contributed by atoms with Crippen molar-refractivity contribution in [2.24, 2.45) is 0 Å². The van der Waals surface area contributed by atoms with Crippen molar-refractivity contribution in [3.63, 3.8) is 0 Å². The molecule has 4 nitrogen and oxygen atoms in total. The molecule has 0 N–H and O–H groups in total. The van der Waals surface area contributed by atoms with Gasteiger partial charge in [0.15, 0.2) is 0 Å². The molecule has 0 fully saturated rings. The van der Waals surface area contributed by atoms with Crippen molar-refractivity contribution in [1.29, 1.82) is 0 Å². The molecule has 0 aliphatic heterocycles. The average Bonchev–Trinajstić information content (AvgIpc) is 2.03. The van der Waals surface area contributed by atoms with Gasteiger partial charge in [-0.25, -0.2) is 0 Å². The summed E-state index contributed by atoms with van der Waals surface area (Å²) in [5.74, 6) is 0. The summed E-state index contributed by atoms with van der Waals surface area (Å²) in [6, 6.07) is 0. The van der Waals surface area contributed by atoms with Crippen LogP contribution in [0, 0.1) is 26.6 Å². The minimum Gasteiger partial charge on any atom is -1.00 e. The maximum atomic E-state index is 7.50. The predicted molar refractivity (Wildman–Crippen MR) is 16.8 cm³/mol. The predicted octanol–water partition coefficient (Wildman–Crippen LogP) is -0.0400. The molecular weight excluding hydrogens is 171 g/mol. The van der Waals surface area contributed by atoms with E-state index in [9.17, 15) is 0 Å². The zero-order chi connectivity index (χ0) is 8.00. The van der Waals surface area contributed by atoms with Crippen LogP contribution in [0.3, 0.4) is 0 Å². The summed E-state index contributed by atoms with van der Waals surface area (Å²) in [6.07, 6.45) is 0. The Morgan fingerprint density at radius 3 is 0.556 bits per heavy atom. The van der Waals surface area contributed by atoms with E-state index >= 15 is 0 Å². The van der Waals surface area contributed by atoms with E-state index in [1.165, 1.54) is 0 Å². The molecule has 0 unspecified atom stereocenters. The van der Waals surface area contributed by atoms with Crippen LogP contribution in [0.4, 0.5) is 0 Å². The van der Waals surface area contributed by atoms with Crippen molar-refractivity contribution < 1.29 is 36.8 Å². The van der Waals surface area contributed by atoms with E-state index in [0.29, 0.717) is 0 Å². The van der Waals surface area contributed by atoms with Gasteiger partial charge in [0.2, 0.25) is 0 Å². The Morgan fingerprint density at radius 2 is 0.556 bits per heavy atom. The van der Waals surface area contributed by atoms with Gasteiger partial charge >= 0.3 is 45.2 Å². The molecule has 9 heavy (non-hydrogen) atoms. The van der Waals surface area contributed by atoms with Crippen molar-refractivity contribution in [2.45, 2.75) is 0 Å². The van der Waals surface area contributed by atoms with Crippen LogP contribution in [-0.4, -0.2) is 0 Å². The Labute approximate surface area is 64.2 Å². The first-order chi connectivity index (χ1) is 4.00. The van der Waals surface area contributed by atoms with Gasteiger partial charge in [0.25, 0.3) is 0 Å². The zero-order valence-electron chi connectivity index (χ0n) is 4.97. The molecule has 0 aliphatic rings. The molecule has 0 heterocycles. The van der Waals surface area contributed by atoms with E-state index in [1.54, 1.807) is 0 Å². The Bertz CT molecular complexity index is 60.2. The Morgan fingerprint density at radius 1 is 0.556 bits per heavy atom. The summed E-state index contributed by atoms with van der Waals surface area (Å²) in [6.45, 7) is 18.0. The van der Waals surface area contributed by atoms with Crippen LogP contribution in [-0.2, 0) is 35.4 Å². The van der Waals surface area contributed by atoms with Gasteiger partial charge in [-0.05, 0) is 0 Å². The fraction of sp³-hybridized carbons (Fsp3) is 0. The van der Waals surface area contributed by atoms with E-state index in [-0.39, 0.29) is 18.2 Å². The van der Waals surface area contributed by atoms with Crippen molar-refractivity contribution in [3.05, 3.63) is 26.6 Å². The van der Waals surface area contributed by atoms with E-state index in [1.807, 2.05) is 0 Å². The maximum Gasteiger partial charge on any atom is 0 e. The van der Waals surface area contributed by atoms with E-state index in [0.717, 1.165) is 0 Å². The second kappa shape index (κ2) is 1100. The minimum absolute atomic E-state index is 0. The Balaban J connectivity index is -0.00000000500. The molecule has 1 radical (unpaired) electrons. The monoisotopic (exact) mass is 172 g/mol. The largest absolute Gasteiger partial charge is 1.00 e. The SMILES string of the molecule is [C-]#[O+].[C-]#[O+].[C-]#[O+].[C-]#[O+].[Co].[H-]. The number of rotatable bonds is 0. The van der Waals surface area contributed by atoms with Gasteiger partial charge < -0.3 is 1.43 Å². The molecule has 0 aliphatic carbocycles. The fourth-order valence-electron chi connectivity index (χ4n) is 0. The quantitative estimate of drug-likeness (QED) is 0.363. The van der Waals surface area contributed by atoms with Crippen LogP contribution in [0.5, 0.6) is 0 Å². The minimum atomic E-state index is 0. The van der Waals surface area contributed by atoms with Gasteiger partial charge in [-0.15, -0.1) is 0 Å². The third-order valence-electron chi connectivity index (χ3n) is 0. The van der Waals surface area contributed by atoms with Crippen molar-refractivity contribution in [3.8, 4) is 0 Å². The van der Waals surface area contributed by atoms with E-state index in [2.05, 4.69) is 26.6 Å². The molecule has 0 rings (SSSR count). The molecule has 0 bridgehead atoms. The first kappa shape index (κ1) is 39.3. The van der Waals surface area contributed by atoms with E-state index < -0.39 is 0 Å². The number of hydrogen-bond acceptors (Lipinski definition) is 0. The van der Waals surface area contributed by atoms with Crippen LogP contribution >= 0.6 is 0 Å². The summed E-state index contributed by atoms with van der Waals surface area (Å²) in [5, 5.41) is 0. The fourth-order valence-corrected chi connectivity index (χ4v) is 0. The van der Waals surface area contributed by atoms with Gasteiger partial charge in [-0.2, -0.15) is 0 Å². The van der Waals surface area contributed by atoms with Crippen molar-refractivity contribution in [1.82, 2.24) is 0 Å². The molecule has 0 aromatic carbocycles. The normalized spacial score (nSPS) is 0.889. The topological polar surface area (TPSA) is 79.6 Å². The molecule has 0 aromatic rings. The van der Waals surface area contributed by atoms with Crippen LogP contribution in [0.2, 0.25) is 0 Å². The smallest absolute Gasteiger partial charge is 0 e. The van der Waals surface area contributed by atoms with Gasteiger partial charge in [0.05, 0.1) is 0 Å². The summed E-state index contributed by atoms with van der Waals surface area (Å²) < 4.78 is 30.0. The first-order valence-electron chi connectivity index (χ1n) is 0.816. The Hall–Kier alpha value is -0.534. The second-order valence-corrected chi connectivity index (χ2v) is 0. The second-order valence-electron chi connectivity index (χ2n) is 0. The van der Waals surface area contributed by atoms with E-state index in [4.69, 9.17) is 18.6 Å². The average molecular weight is 172 g/mol. The summed E-state index contributed by atoms with van der Waals surface area (Å²) in [5.41, 5.74) is 0. The van der Waals surface area contributed by atoms with Crippen LogP contribution < -0.4 is 0 Å². The summed E-state index contributed by atoms with van der Waals surface area (Å²) >= 11 is 0. The van der Waals surface area contributed by atoms with Crippen LogP contribution in [0.1, 0.15) is 1.43 Å². The van der Waals surface area contributed by atoms with Gasteiger partial charge in [-0.3, -0.25) is 0 Å². The third-order valence-corrected chi connectivity index (χ3v) is 0. The van der Waals surface area contributed by atoms with Gasteiger partial charge in [0.1, 0.15) is 0 Å². The molecule has 0 atom stereocenters. The standard InChI is InChI=1S/4CO.Co.H/c4*1-2;;/q;;;;;-1. The van der Waals surface area contributed by atoms with Crippen molar-refractivity contribution >= 4 is 0 Å². The Kier molecular flexibility index (Phi) is 4790. The molecular formula is C4HCoO4-. The van der Waals surface area contributed by atoms with Crippen molar-refractivity contribution in [2.75, 3.05) is 0 Å². The maximum absolute atomic E-state index is 7.50. The summed E-state index contributed by atoms with van der Waals surface area (Å²) in [4.78, 5) is 0. The molecule has 5 heteroatoms. The van der Waals surface area contributed by atoms with Gasteiger partial charge in [0, 0.05) is 16.8 Å². The molecule has 0 spiro atoms. The molecule has 0 saturated carbocycles. The molecule has 0 aromatic heterocycles. The zero-order valence-corrected chi connectivity index (χ0v) is 5.01.